The Balaban J connectivity index is 1.40. The molecule has 1 amide bonds. The molecular formula is C17H28N2O4. The van der Waals surface area contributed by atoms with E-state index in [1.807, 2.05) is 0 Å². The average Bonchev–Trinajstić information content (AvgIpc) is 2.91. The first-order chi connectivity index (χ1) is 10.9. The molecule has 4 bridgehead atoms. The van der Waals surface area contributed by atoms with E-state index in [1.54, 1.807) is 4.90 Å². The van der Waals surface area contributed by atoms with E-state index in [0.29, 0.717) is 24.8 Å². The van der Waals surface area contributed by atoms with Crippen molar-refractivity contribution in [3.63, 3.8) is 0 Å². The fourth-order valence-corrected chi connectivity index (χ4v) is 6.20. The van der Waals surface area contributed by atoms with Gasteiger partial charge in [-0.15, -0.1) is 0 Å². The predicted octanol–water partition coefficient (Wildman–Crippen LogP) is -0.0386. The summed E-state index contributed by atoms with van der Waals surface area (Å²) >= 11 is 0. The second-order valence-corrected chi connectivity index (χ2v) is 8.53. The molecule has 4 N–H and O–H groups in total. The molecule has 23 heavy (non-hydrogen) atoms. The fraction of sp³-hybridized carbons (Fsp3) is 0.941. The van der Waals surface area contributed by atoms with Crippen LogP contribution in [0.5, 0.6) is 0 Å². The number of amides is 1. The lowest BCUT2D eigenvalue weighted by Crippen LogP contribution is -2.65. The Kier molecular flexibility index (Phi) is 3.72. The molecule has 5 aliphatic rings. The second kappa shape index (κ2) is 5.41. The van der Waals surface area contributed by atoms with Gasteiger partial charge < -0.3 is 25.5 Å². The minimum atomic E-state index is -1.46. The van der Waals surface area contributed by atoms with Crippen molar-refractivity contribution >= 4 is 5.91 Å². The number of rotatable bonds is 4. The summed E-state index contributed by atoms with van der Waals surface area (Å²) in [5.41, 5.74) is -0.626. The van der Waals surface area contributed by atoms with Crippen LogP contribution in [-0.4, -0.2) is 62.7 Å². The summed E-state index contributed by atoms with van der Waals surface area (Å²) in [5.74, 6) is 1.12. The molecule has 4 saturated carbocycles. The van der Waals surface area contributed by atoms with E-state index in [0.717, 1.165) is 38.5 Å². The van der Waals surface area contributed by atoms with Gasteiger partial charge in [-0.3, -0.25) is 4.79 Å². The maximum Gasteiger partial charge on any atom is 0.236 e. The van der Waals surface area contributed by atoms with Gasteiger partial charge >= 0.3 is 0 Å². The smallest absolute Gasteiger partial charge is 0.236 e. The van der Waals surface area contributed by atoms with Crippen LogP contribution in [0.2, 0.25) is 0 Å². The maximum absolute atomic E-state index is 12.5. The molecule has 1 heterocycles. The molecule has 2 unspecified atom stereocenters. The fourth-order valence-electron chi connectivity index (χ4n) is 6.20. The molecule has 1 aliphatic heterocycles. The summed E-state index contributed by atoms with van der Waals surface area (Å²) in [6.45, 7) is 0.837. The van der Waals surface area contributed by atoms with E-state index >= 15 is 0 Å². The molecule has 0 aromatic carbocycles. The lowest BCUT2D eigenvalue weighted by molar-refractivity contribution is -0.151. The molecule has 0 spiro atoms. The van der Waals surface area contributed by atoms with Crippen LogP contribution in [0.4, 0.5) is 0 Å². The molecule has 1 saturated heterocycles. The minimum absolute atomic E-state index is 0.0525. The third-order valence-corrected chi connectivity index (χ3v) is 6.61. The Labute approximate surface area is 136 Å². The molecule has 5 fully saturated rings. The lowest BCUT2D eigenvalue weighted by Gasteiger charge is -2.60. The summed E-state index contributed by atoms with van der Waals surface area (Å²) in [5, 5.41) is 33.1. The molecular weight excluding hydrogens is 296 g/mol. The molecule has 6 nitrogen and oxygen atoms in total. The van der Waals surface area contributed by atoms with E-state index in [1.165, 1.54) is 6.42 Å². The number of nitrogens with one attached hydrogen (secondary N) is 1. The van der Waals surface area contributed by atoms with Gasteiger partial charge in [0.15, 0.2) is 6.29 Å². The van der Waals surface area contributed by atoms with Crippen molar-refractivity contribution < 1.29 is 20.1 Å². The van der Waals surface area contributed by atoms with Crippen LogP contribution in [0.1, 0.15) is 51.4 Å². The normalized spacial score (nSPS) is 45.2. The van der Waals surface area contributed by atoms with Crippen molar-refractivity contribution in [2.75, 3.05) is 13.1 Å². The van der Waals surface area contributed by atoms with Crippen molar-refractivity contribution in [3.8, 4) is 0 Å². The number of hydrogen-bond donors (Lipinski definition) is 4. The number of carbonyl (C=O) groups excluding carboxylic acids is 1. The molecule has 0 aromatic rings. The van der Waals surface area contributed by atoms with Crippen LogP contribution in [0.15, 0.2) is 0 Å². The first-order valence-electron chi connectivity index (χ1n) is 9.01. The number of aliphatic hydroxyl groups excluding tert-OH is 1. The number of hydrogen-bond acceptors (Lipinski definition) is 5. The summed E-state index contributed by atoms with van der Waals surface area (Å²) in [6, 6.07) is -0.468. The van der Waals surface area contributed by atoms with E-state index < -0.39 is 17.9 Å². The van der Waals surface area contributed by atoms with Gasteiger partial charge in [-0.2, -0.15) is 0 Å². The topological polar surface area (TPSA) is 93.0 Å². The molecule has 0 aromatic heterocycles. The Morgan fingerprint density at radius 3 is 2.52 bits per heavy atom. The highest BCUT2D eigenvalue weighted by atomic mass is 16.5. The summed E-state index contributed by atoms with van der Waals surface area (Å²) in [6.07, 6.45) is 5.97. The second-order valence-electron chi connectivity index (χ2n) is 8.53. The zero-order valence-electron chi connectivity index (χ0n) is 13.6. The number of carbonyl (C=O) groups is 1. The van der Waals surface area contributed by atoms with Crippen molar-refractivity contribution in [2.45, 2.75) is 74.8 Å². The molecule has 130 valence electrons. The lowest BCUT2D eigenvalue weighted by atomic mass is 9.51. The van der Waals surface area contributed by atoms with Crippen LogP contribution in [-0.2, 0) is 4.79 Å². The van der Waals surface area contributed by atoms with E-state index in [-0.39, 0.29) is 18.0 Å². The number of likely N-dealkylation sites (tertiary alicyclic amines) is 1. The zero-order chi connectivity index (χ0) is 16.2. The Morgan fingerprint density at radius 1 is 1.22 bits per heavy atom. The van der Waals surface area contributed by atoms with Crippen LogP contribution < -0.4 is 5.32 Å². The van der Waals surface area contributed by atoms with Crippen LogP contribution in [0.25, 0.3) is 0 Å². The van der Waals surface area contributed by atoms with Gasteiger partial charge in [0.2, 0.25) is 5.91 Å². The molecule has 3 atom stereocenters. The minimum Gasteiger partial charge on any atom is -0.390 e. The first-order valence-corrected chi connectivity index (χ1v) is 9.01. The molecule has 4 aliphatic carbocycles. The van der Waals surface area contributed by atoms with Crippen molar-refractivity contribution in [2.24, 2.45) is 11.8 Å². The Hall–Kier alpha value is -0.690. The third-order valence-electron chi connectivity index (χ3n) is 6.61. The first kappa shape index (κ1) is 15.8. The quantitative estimate of drug-likeness (QED) is 0.545. The largest absolute Gasteiger partial charge is 0.390 e. The van der Waals surface area contributed by atoms with Crippen LogP contribution >= 0.6 is 0 Å². The highest BCUT2D eigenvalue weighted by molar-refractivity contribution is 5.79. The van der Waals surface area contributed by atoms with Gasteiger partial charge in [0.1, 0.15) is 0 Å². The molecule has 6 heteroatoms. The van der Waals surface area contributed by atoms with Gasteiger partial charge in [0, 0.05) is 12.1 Å². The standard InChI is InChI=1S/C17H28N2O4/c20-14(19-3-1-2-13(19)15(21)22)9-18-16-5-11-4-12(6-16)8-17(23,7-11)10-16/h11-13,15,18,21-23H,1-10H2/t11?,12?,13-,16?,17?/m0/s1. The van der Waals surface area contributed by atoms with Crippen molar-refractivity contribution in [1.82, 2.24) is 10.2 Å². The van der Waals surface area contributed by atoms with Crippen LogP contribution in [0, 0.1) is 11.8 Å². The van der Waals surface area contributed by atoms with Gasteiger partial charge in [-0.05, 0) is 63.2 Å². The highest BCUT2D eigenvalue weighted by Crippen LogP contribution is 2.57. The monoisotopic (exact) mass is 324 g/mol. The van der Waals surface area contributed by atoms with E-state index in [4.69, 9.17) is 0 Å². The van der Waals surface area contributed by atoms with Gasteiger partial charge in [0.05, 0.1) is 18.2 Å². The van der Waals surface area contributed by atoms with E-state index in [2.05, 4.69) is 5.32 Å². The van der Waals surface area contributed by atoms with Gasteiger partial charge in [-0.25, -0.2) is 0 Å². The van der Waals surface area contributed by atoms with Crippen molar-refractivity contribution in [1.29, 1.82) is 0 Å². The third kappa shape index (κ3) is 2.80. The maximum atomic E-state index is 12.5. The summed E-state index contributed by atoms with van der Waals surface area (Å²) in [4.78, 5) is 14.1. The van der Waals surface area contributed by atoms with E-state index in [9.17, 15) is 20.1 Å². The van der Waals surface area contributed by atoms with Crippen LogP contribution in [0.3, 0.4) is 0 Å². The summed E-state index contributed by atoms with van der Waals surface area (Å²) < 4.78 is 0. The number of aliphatic hydroxyl groups is 3. The number of nitrogens with zero attached hydrogens (tertiary/aromatic N) is 1. The SMILES string of the molecule is O=C(CNC12CC3CC(CC(O)(C3)C1)C2)N1CCC[C@H]1C(O)O. The predicted molar refractivity (Wildman–Crippen MR) is 83.3 cm³/mol. The van der Waals surface area contributed by atoms with Crippen molar-refractivity contribution in [3.05, 3.63) is 0 Å². The average molecular weight is 324 g/mol. The summed E-state index contributed by atoms with van der Waals surface area (Å²) in [7, 11) is 0. The van der Waals surface area contributed by atoms with Gasteiger partial charge in [0.25, 0.3) is 0 Å². The molecule has 0 radical (unpaired) electrons. The Morgan fingerprint density at radius 2 is 1.91 bits per heavy atom. The highest BCUT2D eigenvalue weighted by Gasteiger charge is 2.57. The Bertz CT molecular complexity index is 481. The van der Waals surface area contributed by atoms with Gasteiger partial charge in [-0.1, -0.05) is 0 Å². The molecule has 5 rings (SSSR count). The zero-order valence-corrected chi connectivity index (χ0v) is 13.6.